The summed E-state index contributed by atoms with van der Waals surface area (Å²) < 4.78 is 33.4. The SMILES string of the molecule is Cc1cc(S(C)(=O)=O)c(Cn2cc3ccc(C#N)c(OC4CC(N5CCCC5)C4)c3n2)c2cc[nH]c12. The number of nitrogens with one attached hydrogen (secondary N) is 1. The molecule has 1 saturated carbocycles. The van der Waals surface area contributed by atoms with Gasteiger partial charge in [-0.3, -0.25) is 4.68 Å². The van der Waals surface area contributed by atoms with Crippen LogP contribution in [0.15, 0.2) is 41.6 Å². The number of benzene rings is 2. The Hall–Kier alpha value is -3.35. The number of likely N-dealkylation sites (tertiary alicyclic amines) is 1. The molecule has 2 aromatic carbocycles. The first-order chi connectivity index (χ1) is 17.3. The van der Waals surface area contributed by atoms with Gasteiger partial charge in [0.15, 0.2) is 15.6 Å². The number of hydrogen-bond acceptors (Lipinski definition) is 6. The number of H-pyrrole nitrogens is 1. The fraction of sp³-hybridized carbons (Fsp3) is 0.407. The van der Waals surface area contributed by atoms with Crippen LogP contribution in [0.4, 0.5) is 0 Å². The lowest BCUT2D eigenvalue weighted by Gasteiger charge is -2.41. The fourth-order valence-corrected chi connectivity index (χ4v) is 6.71. The van der Waals surface area contributed by atoms with Crippen LogP contribution in [0.1, 0.15) is 42.4 Å². The number of sulfone groups is 1. The van der Waals surface area contributed by atoms with Crippen LogP contribution in [0.25, 0.3) is 21.8 Å². The highest BCUT2D eigenvalue weighted by Gasteiger charge is 2.37. The van der Waals surface area contributed by atoms with Gasteiger partial charge in [0.25, 0.3) is 0 Å². The number of ether oxygens (including phenoxy) is 1. The van der Waals surface area contributed by atoms with Gasteiger partial charge >= 0.3 is 0 Å². The van der Waals surface area contributed by atoms with E-state index in [1.165, 1.54) is 32.2 Å². The third kappa shape index (κ3) is 3.94. The molecule has 4 aromatic rings. The molecule has 0 radical (unpaired) electrons. The molecule has 8 nitrogen and oxygen atoms in total. The summed E-state index contributed by atoms with van der Waals surface area (Å²) in [5, 5.41) is 16.3. The van der Waals surface area contributed by atoms with Crippen LogP contribution in [0.3, 0.4) is 0 Å². The highest BCUT2D eigenvalue weighted by Crippen LogP contribution is 2.36. The summed E-state index contributed by atoms with van der Waals surface area (Å²) in [5.41, 5.74) is 3.60. The van der Waals surface area contributed by atoms with E-state index in [1.807, 2.05) is 31.5 Å². The lowest BCUT2D eigenvalue weighted by Crippen LogP contribution is -2.48. The molecule has 36 heavy (non-hydrogen) atoms. The molecule has 0 amide bonds. The zero-order valence-corrected chi connectivity index (χ0v) is 21.3. The number of aryl methyl sites for hydroxylation is 1. The topological polar surface area (TPSA) is 104 Å². The monoisotopic (exact) mass is 503 g/mol. The fourth-order valence-electron chi connectivity index (χ4n) is 5.70. The molecule has 1 aliphatic carbocycles. The van der Waals surface area contributed by atoms with Crippen LogP contribution in [0, 0.1) is 18.3 Å². The molecule has 186 valence electrons. The van der Waals surface area contributed by atoms with Crippen molar-refractivity contribution in [3.8, 4) is 11.8 Å². The Bertz CT molecular complexity index is 1620. The second-order valence-electron chi connectivity index (χ2n) is 10.1. The second-order valence-corrected chi connectivity index (χ2v) is 12.1. The average Bonchev–Trinajstić information content (AvgIpc) is 3.57. The van der Waals surface area contributed by atoms with Gasteiger partial charge in [0.05, 0.1) is 17.0 Å². The molecule has 0 unspecified atom stereocenters. The summed E-state index contributed by atoms with van der Waals surface area (Å²) in [6, 6.07) is 10.1. The zero-order valence-electron chi connectivity index (χ0n) is 20.5. The maximum Gasteiger partial charge on any atom is 0.175 e. The van der Waals surface area contributed by atoms with Crippen molar-refractivity contribution in [1.29, 1.82) is 5.26 Å². The molecule has 1 saturated heterocycles. The molecule has 0 atom stereocenters. The van der Waals surface area contributed by atoms with Gasteiger partial charge in [-0.05, 0) is 62.7 Å². The van der Waals surface area contributed by atoms with Crippen molar-refractivity contribution in [2.45, 2.75) is 56.2 Å². The average molecular weight is 504 g/mol. The molecule has 3 heterocycles. The molecule has 1 aliphatic heterocycles. The van der Waals surface area contributed by atoms with Crippen molar-refractivity contribution < 1.29 is 13.2 Å². The van der Waals surface area contributed by atoms with E-state index in [9.17, 15) is 13.7 Å². The molecule has 0 bridgehead atoms. The Morgan fingerprint density at radius 3 is 2.72 bits per heavy atom. The van der Waals surface area contributed by atoms with Gasteiger partial charge in [0.1, 0.15) is 17.7 Å². The normalized spacial score (nSPS) is 20.6. The third-order valence-corrected chi connectivity index (χ3v) is 8.81. The van der Waals surface area contributed by atoms with Crippen LogP contribution in [-0.2, 0) is 16.4 Å². The van der Waals surface area contributed by atoms with Crippen molar-refractivity contribution in [1.82, 2.24) is 19.7 Å². The lowest BCUT2D eigenvalue weighted by atomic mass is 9.88. The van der Waals surface area contributed by atoms with E-state index in [2.05, 4.69) is 16.0 Å². The van der Waals surface area contributed by atoms with Crippen LogP contribution < -0.4 is 4.74 Å². The van der Waals surface area contributed by atoms with Crippen LogP contribution >= 0.6 is 0 Å². The largest absolute Gasteiger partial charge is 0.487 e. The van der Waals surface area contributed by atoms with E-state index in [0.717, 1.165) is 34.7 Å². The Morgan fingerprint density at radius 1 is 1.22 bits per heavy atom. The lowest BCUT2D eigenvalue weighted by molar-refractivity contribution is 0.0288. The minimum Gasteiger partial charge on any atom is -0.487 e. The standard InChI is InChI=1S/C27H29N5O3S/c1-17-11-24(36(2,33)34)23(22-7-8-29-25(17)22)16-32-15-19-6-5-18(14-28)27(26(19)30-32)35-21-12-20(13-21)31-9-3-4-10-31/h5-8,11,15,20-21,29H,3-4,9-10,12-13,16H2,1-2H3. The van der Waals surface area contributed by atoms with E-state index >= 15 is 0 Å². The summed E-state index contributed by atoms with van der Waals surface area (Å²) in [6.45, 7) is 4.53. The summed E-state index contributed by atoms with van der Waals surface area (Å²) >= 11 is 0. The smallest absolute Gasteiger partial charge is 0.175 e. The minimum absolute atomic E-state index is 0.0758. The molecule has 6 rings (SSSR count). The predicted octanol–water partition coefficient (Wildman–Crippen LogP) is 4.16. The maximum absolute atomic E-state index is 12.7. The Labute approximate surface area is 210 Å². The number of rotatable bonds is 6. The van der Waals surface area contributed by atoms with Gasteiger partial charge in [-0.2, -0.15) is 10.4 Å². The van der Waals surface area contributed by atoms with Crippen LogP contribution in [0.5, 0.6) is 5.75 Å². The molecule has 0 spiro atoms. The first-order valence-electron chi connectivity index (χ1n) is 12.4. The van der Waals surface area contributed by atoms with Gasteiger partial charge in [-0.15, -0.1) is 0 Å². The van der Waals surface area contributed by atoms with Crippen LogP contribution in [-0.4, -0.2) is 59.6 Å². The third-order valence-electron chi connectivity index (χ3n) is 7.64. The molecule has 9 heteroatoms. The van der Waals surface area contributed by atoms with Crippen molar-refractivity contribution in [2.75, 3.05) is 19.3 Å². The Morgan fingerprint density at radius 2 is 2.00 bits per heavy atom. The molecule has 2 aromatic heterocycles. The van der Waals surface area contributed by atoms with Gasteiger partial charge < -0.3 is 14.6 Å². The molecule has 2 aliphatic rings. The van der Waals surface area contributed by atoms with Gasteiger partial charge in [-0.1, -0.05) is 0 Å². The predicted molar refractivity (Wildman–Crippen MR) is 138 cm³/mol. The number of hydrogen-bond donors (Lipinski definition) is 1. The quantitative estimate of drug-likeness (QED) is 0.424. The summed E-state index contributed by atoms with van der Waals surface area (Å²) in [7, 11) is -3.45. The van der Waals surface area contributed by atoms with Crippen molar-refractivity contribution in [3.63, 3.8) is 0 Å². The molecule has 1 N–H and O–H groups in total. The number of aromatic nitrogens is 3. The van der Waals surface area contributed by atoms with Gasteiger partial charge in [-0.25, -0.2) is 8.42 Å². The summed E-state index contributed by atoms with van der Waals surface area (Å²) in [4.78, 5) is 6.07. The molecular formula is C27H29N5O3S. The van der Waals surface area contributed by atoms with E-state index in [0.29, 0.717) is 33.3 Å². The Kier molecular flexibility index (Phi) is 5.54. The number of fused-ring (bicyclic) bond motifs is 2. The van der Waals surface area contributed by atoms with E-state index < -0.39 is 9.84 Å². The number of aromatic amines is 1. The van der Waals surface area contributed by atoms with E-state index in [1.54, 1.807) is 16.8 Å². The maximum atomic E-state index is 12.7. The van der Waals surface area contributed by atoms with Crippen molar-refractivity contribution in [2.24, 2.45) is 0 Å². The van der Waals surface area contributed by atoms with Gasteiger partial charge in [0, 0.05) is 59.4 Å². The molecular weight excluding hydrogens is 474 g/mol. The van der Waals surface area contributed by atoms with E-state index in [4.69, 9.17) is 9.84 Å². The van der Waals surface area contributed by atoms with E-state index in [-0.39, 0.29) is 12.6 Å². The highest BCUT2D eigenvalue weighted by molar-refractivity contribution is 7.90. The molecule has 2 fully saturated rings. The number of nitrogens with zero attached hydrogens (tertiary/aromatic N) is 4. The van der Waals surface area contributed by atoms with Crippen LogP contribution in [0.2, 0.25) is 0 Å². The summed E-state index contributed by atoms with van der Waals surface area (Å²) in [5.74, 6) is 0.526. The second kappa shape index (κ2) is 8.64. The first-order valence-corrected chi connectivity index (χ1v) is 14.3. The van der Waals surface area contributed by atoms with Gasteiger partial charge in [0.2, 0.25) is 0 Å². The Balaban J connectivity index is 1.34. The highest BCUT2D eigenvalue weighted by atomic mass is 32.2. The van der Waals surface area contributed by atoms with Crippen molar-refractivity contribution in [3.05, 3.63) is 53.3 Å². The first kappa shape index (κ1) is 23.1. The summed E-state index contributed by atoms with van der Waals surface area (Å²) in [6.07, 6.45) is 9.51. The zero-order chi connectivity index (χ0) is 25.0. The van der Waals surface area contributed by atoms with Crippen molar-refractivity contribution >= 4 is 31.6 Å². The minimum atomic E-state index is -3.45. The number of nitriles is 1.